The van der Waals surface area contributed by atoms with Crippen LogP contribution in [0.25, 0.3) is 0 Å². The molecule has 3 atom stereocenters. The van der Waals surface area contributed by atoms with Gasteiger partial charge < -0.3 is 14.4 Å². The van der Waals surface area contributed by atoms with Crippen molar-refractivity contribution in [1.29, 1.82) is 0 Å². The van der Waals surface area contributed by atoms with Crippen molar-refractivity contribution in [1.82, 2.24) is 9.80 Å². The van der Waals surface area contributed by atoms with Gasteiger partial charge in [-0.2, -0.15) is 0 Å². The molecular formula is C25H35N3O5S. The minimum atomic E-state index is -3.46. The number of anilines is 1. The predicted molar refractivity (Wildman–Crippen MR) is 134 cm³/mol. The fraction of sp³-hybridized carbons (Fsp3) is 0.480. The van der Waals surface area contributed by atoms with Crippen LogP contribution in [0.15, 0.2) is 48.5 Å². The minimum Gasteiger partial charge on any atom is -0.491 e. The molecular weight excluding hydrogens is 454 g/mol. The number of benzene rings is 2. The second-order valence-corrected chi connectivity index (χ2v) is 10.8. The van der Waals surface area contributed by atoms with Crippen LogP contribution in [-0.2, 0) is 21.3 Å². The van der Waals surface area contributed by atoms with Gasteiger partial charge in [0.1, 0.15) is 12.4 Å². The molecule has 1 aliphatic rings. The van der Waals surface area contributed by atoms with Gasteiger partial charge in [0.15, 0.2) is 0 Å². The lowest BCUT2D eigenvalue weighted by Gasteiger charge is -2.36. The molecule has 0 unspecified atom stereocenters. The van der Waals surface area contributed by atoms with Crippen molar-refractivity contribution in [2.45, 2.75) is 32.5 Å². The van der Waals surface area contributed by atoms with Crippen LogP contribution in [-0.4, -0.2) is 76.4 Å². The van der Waals surface area contributed by atoms with Gasteiger partial charge in [-0.25, -0.2) is 8.42 Å². The highest BCUT2D eigenvalue weighted by Gasteiger charge is 2.28. The van der Waals surface area contributed by atoms with Crippen LogP contribution in [0.5, 0.6) is 5.75 Å². The van der Waals surface area contributed by atoms with Crippen molar-refractivity contribution >= 4 is 21.6 Å². The van der Waals surface area contributed by atoms with Gasteiger partial charge in [-0.3, -0.25) is 14.4 Å². The number of carbonyl (C=O) groups is 1. The summed E-state index contributed by atoms with van der Waals surface area (Å²) in [6.07, 6.45) is 0.941. The Kier molecular flexibility index (Phi) is 8.57. The van der Waals surface area contributed by atoms with Crippen molar-refractivity contribution in [2.75, 3.05) is 44.8 Å². The Hall–Kier alpha value is -2.62. The lowest BCUT2D eigenvalue weighted by atomic mass is 10.0. The molecule has 0 saturated carbocycles. The summed E-state index contributed by atoms with van der Waals surface area (Å²) < 4.78 is 37.8. The van der Waals surface area contributed by atoms with Crippen molar-refractivity contribution in [2.24, 2.45) is 5.92 Å². The van der Waals surface area contributed by atoms with Crippen LogP contribution >= 0.6 is 0 Å². The smallest absolute Gasteiger partial charge is 0.257 e. The fourth-order valence-electron chi connectivity index (χ4n) is 4.16. The molecule has 186 valence electrons. The molecule has 2 aromatic carbocycles. The SMILES string of the molecule is CO[C@H]1CN(C)C(=O)c2ccc(NS(C)(=O)=O)cc2OC[C@H](C)N(Cc2ccccc2)C[C@H]1C. The maximum absolute atomic E-state index is 13.2. The monoisotopic (exact) mass is 489 g/mol. The molecule has 0 spiro atoms. The highest BCUT2D eigenvalue weighted by Crippen LogP contribution is 2.27. The number of amides is 1. The lowest BCUT2D eigenvalue weighted by molar-refractivity contribution is 0.00922. The average molecular weight is 490 g/mol. The van der Waals surface area contributed by atoms with E-state index in [1.165, 1.54) is 5.56 Å². The first-order valence-corrected chi connectivity index (χ1v) is 13.3. The summed E-state index contributed by atoms with van der Waals surface area (Å²) in [4.78, 5) is 17.2. The van der Waals surface area contributed by atoms with Crippen LogP contribution in [0, 0.1) is 5.92 Å². The number of methoxy groups -OCH3 is 1. The van der Waals surface area contributed by atoms with Crippen LogP contribution in [0.1, 0.15) is 29.8 Å². The number of carbonyl (C=O) groups excluding carboxylic acids is 1. The van der Waals surface area contributed by atoms with Gasteiger partial charge in [-0.1, -0.05) is 37.3 Å². The van der Waals surface area contributed by atoms with Crippen LogP contribution < -0.4 is 9.46 Å². The number of fused-ring (bicyclic) bond motifs is 1. The van der Waals surface area contributed by atoms with Crippen molar-refractivity contribution in [3.05, 3.63) is 59.7 Å². The van der Waals surface area contributed by atoms with Crippen molar-refractivity contribution in [3.8, 4) is 5.75 Å². The Morgan fingerprint density at radius 3 is 2.47 bits per heavy atom. The van der Waals surface area contributed by atoms with Gasteiger partial charge in [0.2, 0.25) is 10.0 Å². The highest BCUT2D eigenvalue weighted by atomic mass is 32.2. The Bertz CT molecular complexity index is 1080. The molecule has 1 heterocycles. The van der Waals surface area contributed by atoms with E-state index >= 15 is 0 Å². The summed E-state index contributed by atoms with van der Waals surface area (Å²) in [7, 11) is -0.0478. The fourth-order valence-corrected chi connectivity index (χ4v) is 4.72. The van der Waals surface area contributed by atoms with E-state index in [2.05, 4.69) is 35.6 Å². The Balaban J connectivity index is 1.96. The number of nitrogens with one attached hydrogen (secondary N) is 1. The van der Waals surface area contributed by atoms with Gasteiger partial charge in [0, 0.05) is 45.9 Å². The zero-order valence-corrected chi connectivity index (χ0v) is 21.3. The second kappa shape index (κ2) is 11.2. The topological polar surface area (TPSA) is 88.2 Å². The third-order valence-corrected chi connectivity index (χ3v) is 6.71. The molecule has 34 heavy (non-hydrogen) atoms. The maximum Gasteiger partial charge on any atom is 0.257 e. The minimum absolute atomic E-state index is 0.0341. The molecule has 3 rings (SSSR count). The second-order valence-electron chi connectivity index (χ2n) is 9.10. The summed E-state index contributed by atoms with van der Waals surface area (Å²) >= 11 is 0. The Labute approximate surface area is 202 Å². The van der Waals surface area contributed by atoms with Crippen LogP contribution in [0.2, 0.25) is 0 Å². The van der Waals surface area contributed by atoms with Crippen molar-refractivity contribution in [3.63, 3.8) is 0 Å². The number of rotatable bonds is 5. The molecule has 0 radical (unpaired) electrons. The molecule has 8 nitrogen and oxygen atoms in total. The molecule has 1 amide bonds. The highest BCUT2D eigenvalue weighted by molar-refractivity contribution is 7.92. The van der Waals surface area contributed by atoms with E-state index in [-0.39, 0.29) is 24.0 Å². The van der Waals surface area contributed by atoms with E-state index in [1.807, 2.05) is 18.2 Å². The Morgan fingerprint density at radius 2 is 1.82 bits per heavy atom. The summed E-state index contributed by atoms with van der Waals surface area (Å²) in [6.45, 7) is 6.51. The first-order valence-electron chi connectivity index (χ1n) is 11.4. The summed E-state index contributed by atoms with van der Waals surface area (Å²) in [5.41, 5.74) is 1.93. The third-order valence-electron chi connectivity index (χ3n) is 6.11. The molecule has 0 fully saturated rings. The van der Waals surface area contributed by atoms with E-state index in [4.69, 9.17) is 9.47 Å². The first kappa shape index (κ1) is 26.0. The standard InChI is InChI=1S/C25H35N3O5S/c1-18-14-28(15-20-9-7-6-8-10-20)19(2)17-33-23-13-21(26-34(5,30)31)11-12-22(23)25(29)27(3)16-24(18)32-4/h6-13,18-19,24,26H,14-17H2,1-5H3/t18-,19+,24+/m1/s1. The molecule has 0 bridgehead atoms. The number of ether oxygens (including phenoxy) is 2. The van der Waals surface area contributed by atoms with E-state index in [9.17, 15) is 13.2 Å². The molecule has 1 aliphatic heterocycles. The van der Waals surface area contributed by atoms with Gasteiger partial charge in [0.05, 0.1) is 23.6 Å². The summed E-state index contributed by atoms with van der Waals surface area (Å²) in [6, 6.07) is 15.0. The number of sulfonamides is 1. The number of hydrogen-bond acceptors (Lipinski definition) is 6. The van der Waals surface area contributed by atoms with E-state index in [1.54, 1.807) is 37.3 Å². The number of hydrogen-bond donors (Lipinski definition) is 1. The van der Waals surface area contributed by atoms with Crippen LogP contribution in [0.4, 0.5) is 5.69 Å². The van der Waals surface area contributed by atoms with Crippen molar-refractivity contribution < 1.29 is 22.7 Å². The van der Waals surface area contributed by atoms with Gasteiger partial charge in [0.25, 0.3) is 5.91 Å². The molecule has 0 aliphatic carbocycles. The normalized spacial score (nSPS) is 22.8. The van der Waals surface area contributed by atoms with Crippen LogP contribution in [0.3, 0.4) is 0 Å². The third kappa shape index (κ3) is 6.94. The zero-order chi connectivity index (χ0) is 24.9. The van der Waals surface area contributed by atoms with Gasteiger partial charge in [-0.05, 0) is 30.5 Å². The first-order chi connectivity index (χ1) is 16.1. The maximum atomic E-state index is 13.2. The largest absolute Gasteiger partial charge is 0.491 e. The van der Waals surface area contributed by atoms with E-state index in [0.29, 0.717) is 30.2 Å². The molecule has 1 N–H and O–H groups in total. The van der Waals surface area contributed by atoms with E-state index < -0.39 is 10.0 Å². The number of likely N-dealkylation sites (N-methyl/N-ethyl adjacent to an activating group) is 1. The zero-order valence-electron chi connectivity index (χ0n) is 20.5. The number of nitrogens with zero attached hydrogens (tertiary/aromatic N) is 2. The molecule has 9 heteroatoms. The van der Waals surface area contributed by atoms with Gasteiger partial charge in [-0.15, -0.1) is 0 Å². The van der Waals surface area contributed by atoms with E-state index in [0.717, 1.165) is 19.3 Å². The molecule has 2 aromatic rings. The molecule has 0 saturated heterocycles. The predicted octanol–water partition coefficient (Wildman–Crippen LogP) is 3.06. The lowest BCUT2D eigenvalue weighted by Crippen LogP contribution is -2.46. The molecule has 0 aromatic heterocycles. The Morgan fingerprint density at radius 1 is 1.12 bits per heavy atom. The quantitative estimate of drug-likeness (QED) is 0.695. The average Bonchev–Trinajstić information content (AvgIpc) is 2.79. The van der Waals surface area contributed by atoms with Gasteiger partial charge >= 0.3 is 0 Å². The summed E-state index contributed by atoms with van der Waals surface area (Å²) in [5, 5.41) is 0. The summed E-state index contributed by atoms with van der Waals surface area (Å²) in [5.74, 6) is 0.316.